The van der Waals surface area contributed by atoms with Gasteiger partial charge in [-0.05, 0) is 74.0 Å². The number of fused-ring (bicyclic) bond motifs is 1. The summed E-state index contributed by atoms with van der Waals surface area (Å²) < 4.78 is 2.03. The fraction of sp³-hybridized carbons (Fsp3) is 0.281. The van der Waals surface area contributed by atoms with Crippen LogP contribution >= 0.6 is 11.6 Å². The monoisotopic (exact) mass is 555 g/mol. The van der Waals surface area contributed by atoms with Crippen LogP contribution in [0, 0.1) is 13.8 Å². The molecular formula is C32H34ClN5O2. The highest BCUT2D eigenvalue weighted by atomic mass is 35.5. The van der Waals surface area contributed by atoms with E-state index >= 15 is 0 Å². The molecule has 40 heavy (non-hydrogen) atoms. The zero-order chi connectivity index (χ0) is 28.4. The van der Waals surface area contributed by atoms with E-state index in [4.69, 9.17) is 11.6 Å². The molecule has 1 aliphatic heterocycles. The number of halogens is 1. The molecule has 2 aromatic heterocycles. The van der Waals surface area contributed by atoms with Crippen molar-refractivity contribution in [3.63, 3.8) is 0 Å². The summed E-state index contributed by atoms with van der Waals surface area (Å²) >= 11 is 6.52. The highest BCUT2D eigenvalue weighted by Crippen LogP contribution is 2.29. The van der Waals surface area contributed by atoms with Crippen LogP contribution in [0.4, 0.5) is 5.69 Å². The average Bonchev–Trinajstić information content (AvgIpc) is 3.35. The molecule has 0 spiro atoms. The van der Waals surface area contributed by atoms with Gasteiger partial charge in [-0.3, -0.25) is 19.5 Å². The second-order valence-corrected chi connectivity index (χ2v) is 10.9. The summed E-state index contributed by atoms with van der Waals surface area (Å²) in [6.45, 7) is 8.31. The molecule has 0 saturated heterocycles. The van der Waals surface area contributed by atoms with Gasteiger partial charge in [-0.2, -0.15) is 0 Å². The zero-order valence-corrected chi connectivity index (χ0v) is 24.0. The largest absolute Gasteiger partial charge is 0.338 e. The van der Waals surface area contributed by atoms with Crippen LogP contribution in [0.2, 0.25) is 5.02 Å². The molecule has 206 valence electrons. The van der Waals surface area contributed by atoms with Gasteiger partial charge in [0.2, 0.25) is 5.91 Å². The molecule has 5 rings (SSSR count). The van der Waals surface area contributed by atoms with Crippen LogP contribution < -0.4 is 10.6 Å². The van der Waals surface area contributed by atoms with Crippen LogP contribution in [-0.4, -0.2) is 45.9 Å². The topological polar surface area (TPSA) is 79.3 Å². The minimum atomic E-state index is -0.854. The first-order chi connectivity index (χ1) is 19.2. The summed E-state index contributed by atoms with van der Waals surface area (Å²) in [5.41, 5.74) is 7.27. The maximum Gasteiger partial charge on any atom is 0.268 e. The van der Waals surface area contributed by atoms with Crippen LogP contribution in [0.25, 0.3) is 11.1 Å². The van der Waals surface area contributed by atoms with Gasteiger partial charge in [0.05, 0.1) is 0 Å². The number of hydrogen-bond donors (Lipinski definition) is 2. The van der Waals surface area contributed by atoms with Crippen molar-refractivity contribution in [3.8, 4) is 11.1 Å². The molecule has 0 saturated carbocycles. The third-order valence-electron chi connectivity index (χ3n) is 7.70. The number of amides is 2. The van der Waals surface area contributed by atoms with Crippen molar-refractivity contribution in [3.05, 3.63) is 106 Å². The van der Waals surface area contributed by atoms with E-state index in [0.717, 1.165) is 53.3 Å². The van der Waals surface area contributed by atoms with Gasteiger partial charge in [-0.1, -0.05) is 48.9 Å². The first-order valence-electron chi connectivity index (χ1n) is 13.5. The molecule has 4 aromatic rings. The molecule has 7 nitrogen and oxygen atoms in total. The molecule has 2 aromatic carbocycles. The fourth-order valence-electron chi connectivity index (χ4n) is 5.46. The molecule has 8 heteroatoms. The number of aryl methyl sites for hydroxylation is 2. The molecule has 3 heterocycles. The van der Waals surface area contributed by atoms with E-state index in [-0.39, 0.29) is 17.7 Å². The molecule has 2 unspecified atom stereocenters. The standard InChI is InChI=1S/C32H34ClN5O2/c1-20-15-16-34-22(3)29(20)23-9-11-24(12-10-23)35-32(40)30(21(2)26-7-5-6-8-27(26)33)36-31(39)28-14-13-25-19-37(4)17-18-38(25)28/h5-16,21,30H,17-19H2,1-4H3,(H,35,40)(H,36,39). The van der Waals surface area contributed by atoms with E-state index in [2.05, 4.69) is 34.5 Å². The maximum absolute atomic E-state index is 13.7. The number of aromatic nitrogens is 2. The molecule has 2 N–H and O–H groups in total. The van der Waals surface area contributed by atoms with Gasteiger partial charge in [0.25, 0.3) is 5.91 Å². The molecule has 0 bridgehead atoms. The van der Waals surface area contributed by atoms with Crippen molar-refractivity contribution in [1.29, 1.82) is 0 Å². The number of rotatable bonds is 7. The number of pyridine rings is 1. The van der Waals surface area contributed by atoms with Crippen molar-refractivity contribution < 1.29 is 9.59 Å². The van der Waals surface area contributed by atoms with Gasteiger partial charge in [0, 0.05) is 59.4 Å². The van der Waals surface area contributed by atoms with Crippen LogP contribution in [-0.2, 0) is 17.9 Å². The number of nitrogens with one attached hydrogen (secondary N) is 2. The van der Waals surface area contributed by atoms with Crippen molar-refractivity contribution in [2.75, 3.05) is 18.9 Å². The summed E-state index contributed by atoms with van der Waals surface area (Å²) in [6, 6.07) is 20.1. The predicted molar refractivity (Wildman–Crippen MR) is 160 cm³/mol. The minimum Gasteiger partial charge on any atom is -0.338 e. The quantitative estimate of drug-likeness (QED) is 0.302. The lowest BCUT2D eigenvalue weighted by molar-refractivity contribution is -0.118. The van der Waals surface area contributed by atoms with Crippen molar-refractivity contribution in [2.45, 2.75) is 45.8 Å². The normalized spacial score (nSPS) is 14.7. The summed E-state index contributed by atoms with van der Waals surface area (Å²) in [5.74, 6) is -0.973. The number of anilines is 1. The van der Waals surface area contributed by atoms with Gasteiger partial charge in [-0.25, -0.2) is 0 Å². The van der Waals surface area contributed by atoms with E-state index in [9.17, 15) is 9.59 Å². The van der Waals surface area contributed by atoms with E-state index < -0.39 is 6.04 Å². The highest BCUT2D eigenvalue weighted by Gasteiger charge is 2.31. The van der Waals surface area contributed by atoms with Crippen LogP contribution in [0.15, 0.2) is 72.9 Å². The molecule has 0 radical (unpaired) electrons. The fourth-order valence-corrected chi connectivity index (χ4v) is 5.77. The molecule has 2 atom stereocenters. The van der Waals surface area contributed by atoms with Crippen LogP contribution in [0.5, 0.6) is 0 Å². The predicted octanol–water partition coefficient (Wildman–Crippen LogP) is 5.81. The molecule has 0 aliphatic carbocycles. The van der Waals surface area contributed by atoms with Gasteiger partial charge in [0.1, 0.15) is 11.7 Å². The lowest BCUT2D eigenvalue weighted by atomic mass is 9.92. The lowest BCUT2D eigenvalue weighted by Gasteiger charge is -2.28. The Hall–Kier alpha value is -3.94. The van der Waals surface area contributed by atoms with Gasteiger partial charge < -0.3 is 15.2 Å². The molecule has 1 aliphatic rings. The van der Waals surface area contributed by atoms with Gasteiger partial charge in [-0.15, -0.1) is 0 Å². The van der Waals surface area contributed by atoms with E-state index in [0.29, 0.717) is 16.4 Å². The number of likely N-dealkylation sites (N-methyl/N-ethyl adjacent to an activating group) is 1. The first kappa shape index (κ1) is 27.6. The second-order valence-electron chi connectivity index (χ2n) is 10.5. The minimum absolute atomic E-state index is 0.285. The summed E-state index contributed by atoms with van der Waals surface area (Å²) in [5, 5.41) is 6.59. The Morgan fingerprint density at radius 1 is 0.975 bits per heavy atom. The maximum atomic E-state index is 13.7. The Labute approximate surface area is 240 Å². The number of carbonyl (C=O) groups excluding carboxylic acids is 2. The lowest BCUT2D eigenvalue weighted by Crippen LogP contribution is -2.47. The van der Waals surface area contributed by atoms with E-state index in [1.165, 1.54) is 0 Å². The molecular weight excluding hydrogens is 522 g/mol. The third-order valence-corrected chi connectivity index (χ3v) is 8.04. The number of benzene rings is 2. The SMILES string of the molecule is Cc1ccnc(C)c1-c1ccc(NC(=O)C(NC(=O)c2ccc3n2CCN(C)C3)C(C)c2ccccc2Cl)cc1. The van der Waals surface area contributed by atoms with Crippen LogP contribution in [0.1, 0.15) is 45.8 Å². The second kappa shape index (κ2) is 11.7. The zero-order valence-electron chi connectivity index (χ0n) is 23.2. The first-order valence-corrected chi connectivity index (χ1v) is 13.9. The number of carbonyl (C=O) groups is 2. The van der Waals surface area contributed by atoms with E-state index in [1.54, 1.807) is 12.3 Å². The summed E-state index contributed by atoms with van der Waals surface area (Å²) in [4.78, 5) is 33.9. The average molecular weight is 556 g/mol. The molecule has 2 amide bonds. The van der Waals surface area contributed by atoms with Crippen LogP contribution in [0.3, 0.4) is 0 Å². The molecule has 0 fully saturated rings. The summed E-state index contributed by atoms with van der Waals surface area (Å²) in [7, 11) is 2.06. The Kier molecular flexibility index (Phi) is 8.05. The van der Waals surface area contributed by atoms with Gasteiger partial charge >= 0.3 is 0 Å². The Bertz CT molecular complexity index is 1530. The Morgan fingerprint density at radius 3 is 2.45 bits per heavy atom. The number of nitrogens with zero attached hydrogens (tertiary/aromatic N) is 3. The Morgan fingerprint density at radius 2 is 1.73 bits per heavy atom. The summed E-state index contributed by atoms with van der Waals surface area (Å²) in [6.07, 6.45) is 1.81. The number of hydrogen-bond acceptors (Lipinski definition) is 4. The van der Waals surface area contributed by atoms with Crippen molar-refractivity contribution in [1.82, 2.24) is 19.8 Å². The third kappa shape index (κ3) is 5.67. The van der Waals surface area contributed by atoms with E-state index in [1.807, 2.05) is 79.1 Å². The smallest absolute Gasteiger partial charge is 0.268 e. The van der Waals surface area contributed by atoms with Gasteiger partial charge in [0.15, 0.2) is 0 Å². The Balaban J connectivity index is 1.40. The highest BCUT2D eigenvalue weighted by molar-refractivity contribution is 6.31. The van der Waals surface area contributed by atoms with Crippen molar-refractivity contribution >= 4 is 29.1 Å². The van der Waals surface area contributed by atoms with Crippen molar-refractivity contribution in [2.24, 2.45) is 0 Å².